The highest BCUT2D eigenvalue weighted by molar-refractivity contribution is 5.46. The summed E-state index contributed by atoms with van der Waals surface area (Å²) in [6.07, 6.45) is 2.74. The Kier molecular flexibility index (Phi) is 4.02. The van der Waals surface area contributed by atoms with Crippen molar-refractivity contribution in [2.45, 2.75) is 38.4 Å². The van der Waals surface area contributed by atoms with Crippen molar-refractivity contribution in [2.24, 2.45) is 0 Å². The quantitative estimate of drug-likeness (QED) is 0.737. The minimum atomic E-state index is 0.590. The molecule has 3 nitrogen and oxygen atoms in total. The third-order valence-electron chi connectivity index (χ3n) is 3.63. The summed E-state index contributed by atoms with van der Waals surface area (Å²) in [5.41, 5.74) is 7.97. The van der Waals surface area contributed by atoms with Crippen LogP contribution < -0.4 is 11.1 Å². The zero-order chi connectivity index (χ0) is 12.3. The van der Waals surface area contributed by atoms with E-state index in [2.05, 4.69) is 30.3 Å². The largest absolute Gasteiger partial charge is 0.398 e. The normalized spacial score (nSPS) is 17.4. The van der Waals surface area contributed by atoms with E-state index in [1.165, 1.54) is 18.4 Å². The number of nitrogen functional groups attached to an aromatic ring is 1. The van der Waals surface area contributed by atoms with Crippen LogP contribution >= 0.6 is 0 Å². The van der Waals surface area contributed by atoms with Gasteiger partial charge in [0.1, 0.15) is 0 Å². The maximum Gasteiger partial charge on any atom is 0.0359 e. The highest BCUT2D eigenvalue weighted by Crippen LogP contribution is 2.26. The summed E-state index contributed by atoms with van der Waals surface area (Å²) in [6.45, 7) is 4.15. The molecule has 1 aliphatic carbocycles. The van der Waals surface area contributed by atoms with Crippen LogP contribution in [0.15, 0.2) is 24.3 Å². The summed E-state index contributed by atoms with van der Waals surface area (Å²) < 4.78 is 0. The zero-order valence-corrected chi connectivity index (χ0v) is 10.8. The lowest BCUT2D eigenvalue weighted by molar-refractivity contribution is 0.241. The van der Waals surface area contributed by atoms with Crippen molar-refractivity contribution < 1.29 is 0 Å². The summed E-state index contributed by atoms with van der Waals surface area (Å²) in [5.74, 6) is 0. The van der Waals surface area contributed by atoms with Crippen LogP contribution in [-0.2, 0) is 6.54 Å². The van der Waals surface area contributed by atoms with E-state index in [1.54, 1.807) is 0 Å². The summed E-state index contributed by atoms with van der Waals surface area (Å²) in [6, 6.07) is 9.46. The van der Waals surface area contributed by atoms with Gasteiger partial charge in [-0.15, -0.1) is 0 Å². The second-order valence-electron chi connectivity index (χ2n) is 5.08. The minimum absolute atomic E-state index is 0.590. The molecule has 0 spiro atoms. The molecule has 0 aromatic heterocycles. The highest BCUT2D eigenvalue weighted by atomic mass is 15.2. The third kappa shape index (κ3) is 3.45. The molecule has 1 unspecified atom stereocenters. The molecule has 3 heteroatoms. The summed E-state index contributed by atoms with van der Waals surface area (Å²) in [5, 5.41) is 3.48. The van der Waals surface area contributed by atoms with Crippen molar-refractivity contribution in [3.63, 3.8) is 0 Å². The van der Waals surface area contributed by atoms with Crippen LogP contribution in [-0.4, -0.2) is 30.6 Å². The number of rotatable bonds is 6. The van der Waals surface area contributed by atoms with Crippen LogP contribution in [0, 0.1) is 0 Å². The van der Waals surface area contributed by atoms with Gasteiger partial charge < -0.3 is 11.1 Å². The van der Waals surface area contributed by atoms with Gasteiger partial charge in [-0.1, -0.05) is 18.2 Å². The van der Waals surface area contributed by atoms with Crippen molar-refractivity contribution in [3.8, 4) is 0 Å². The fourth-order valence-corrected chi connectivity index (χ4v) is 2.10. The molecule has 17 heavy (non-hydrogen) atoms. The van der Waals surface area contributed by atoms with E-state index in [9.17, 15) is 0 Å². The molecule has 1 fully saturated rings. The molecule has 1 atom stereocenters. The molecule has 0 bridgehead atoms. The first kappa shape index (κ1) is 12.4. The second-order valence-corrected chi connectivity index (χ2v) is 5.08. The van der Waals surface area contributed by atoms with Crippen LogP contribution in [0.1, 0.15) is 25.3 Å². The molecule has 1 aliphatic rings. The van der Waals surface area contributed by atoms with Crippen LogP contribution in [0.5, 0.6) is 0 Å². The number of para-hydroxylation sites is 1. The molecule has 0 aliphatic heterocycles. The Hall–Kier alpha value is -1.06. The van der Waals surface area contributed by atoms with Gasteiger partial charge in [0.05, 0.1) is 0 Å². The predicted molar refractivity (Wildman–Crippen MR) is 72.8 cm³/mol. The minimum Gasteiger partial charge on any atom is -0.398 e. The number of hydrogen-bond acceptors (Lipinski definition) is 3. The average molecular weight is 233 g/mol. The van der Waals surface area contributed by atoms with Crippen LogP contribution in [0.3, 0.4) is 0 Å². The number of nitrogens with two attached hydrogens (primary N) is 1. The van der Waals surface area contributed by atoms with Gasteiger partial charge in [0, 0.05) is 30.9 Å². The standard InChI is InChI=1S/C14H23N3/c1-11(17(2)13-7-8-13)9-16-10-12-5-3-4-6-14(12)15/h3-6,11,13,16H,7-10,15H2,1-2H3. The van der Waals surface area contributed by atoms with E-state index in [4.69, 9.17) is 5.73 Å². The molecule has 3 N–H and O–H groups in total. The Bertz CT molecular complexity index is 360. The highest BCUT2D eigenvalue weighted by Gasteiger charge is 2.28. The van der Waals surface area contributed by atoms with Crippen molar-refractivity contribution in [3.05, 3.63) is 29.8 Å². The van der Waals surface area contributed by atoms with Gasteiger partial charge in [0.25, 0.3) is 0 Å². The van der Waals surface area contributed by atoms with Gasteiger partial charge in [0.15, 0.2) is 0 Å². The van der Waals surface area contributed by atoms with Crippen LogP contribution in [0.25, 0.3) is 0 Å². The van der Waals surface area contributed by atoms with E-state index in [0.717, 1.165) is 24.8 Å². The van der Waals surface area contributed by atoms with Crippen LogP contribution in [0.4, 0.5) is 5.69 Å². The van der Waals surface area contributed by atoms with Crippen molar-refractivity contribution in [1.29, 1.82) is 0 Å². The lowest BCUT2D eigenvalue weighted by atomic mass is 10.2. The number of benzene rings is 1. The SMILES string of the molecule is CC(CNCc1ccccc1N)N(C)C1CC1. The number of anilines is 1. The maximum absolute atomic E-state index is 5.91. The number of nitrogens with zero attached hydrogens (tertiary/aromatic N) is 1. The Morgan fingerprint density at radius 1 is 1.41 bits per heavy atom. The van der Waals surface area contributed by atoms with Crippen LogP contribution in [0.2, 0.25) is 0 Å². The Labute approximate surface area is 104 Å². The third-order valence-corrected chi connectivity index (χ3v) is 3.63. The van der Waals surface area contributed by atoms with E-state index >= 15 is 0 Å². The maximum atomic E-state index is 5.91. The van der Waals surface area contributed by atoms with Crippen molar-refractivity contribution in [1.82, 2.24) is 10.2 Å². The smallest absolute Gasteiger partial charge is 0.0359 e. The number of likely N-dealkylation sites (N-methyl/N-ethyl adjacent to an activating group) is 1. The summed E-state index contributed by atoms with van der Waals surface area (Å²) >= 11 is 0. The Morgan fingerprint density at radius 2 is 2.12 bits per heavy atom. The average Bonchev–Trinajstić information content (AvgIpc) is 3.14. The van der Waals surface area contributed by atoms with E-state index in [0.29, 0.717) is 6.04 Å². The van der Waals surface area contributed by atoms with E-state index < -0.39 is 0 Å². The van der Waals surface area contributed by atoms with Gasteiger partial charge in [-0.2, -0.15) is 0 Å². The summed E-state index contributed by atoms with van der Waals surface area (Å²) in [7, 11) is 2.22. The molecule has 0 saturated heterocycles. The molecule has 0 radical (unpaired) electrons. The Balaban J connectivity index is 1.73. The van der Waals surface area contributed by atoms with E-state index in [-0.39, 0.29) is 0 Å². The first-order valence-electron chi connectivity index (χ1n) is 6.44. The predicted octanol–water partition coefficient (Wildman–Crippen LogP) is 1.84. The first-order valence-corrected chi connectivity index (χ1v) is 6.44. The molecule has 94 valence electrons. The van der Waals surface area contributed by atoms with Gasteiger partial charge in [0.2, 0.25) is 0 Å². The Morgan fingerprint density at radius 3 is 2.76 bits per heavy atom. The number of hydrogen-bond donors (Lipinski definition) is 2. The van der Waals surface area contributed by atoms with Gasteiger partial charge in [-0.25, -0.2) is 0 Å². The monoisotopic (exact) mass is 233 g/mol. The molecule has 1 saturated carbocycles. The molecule has 2 rings (SSSR count). The molecule has 0 heterocycles. The lowest BCUT2D eigenvalue weighted by Crippen LogP contribution is -2.39. The zero-order valence-electron chi connectivity index (χ0n) is 10.8. The van der Waals surface area contributed by atoms with Gasteiger partial charge in [-0.05, 0) is 38.4 Å². The molecular weight excluding hydrogens is 210 g/mol. The fourth-order valence-electron chi connectivity index (χ4n) is 2.10. The van der Waals surface area contributed by atoms with Crippen molar-refractivity contribution >= 4 is 5.69 Å². The molecular formula is C14H23N3. The van der Waals surface area contributed by atoms with Gasteiger partial charge in [-0.3, -0.25) is 4.90 Å². The summed E-state index contributed by atoms with van der Waals surface area (Å²) in [4.78, 5) is 2.47. The molecule has 0 amide bonds. The fraction of sp³-hybridized carbons (Fsp3) is 0.571. The molecule has 1 aromatic rings. The number of nitrogens with one attached hydrogen (secondary N) is 1. The molecule has 1 aromatic carbocycles. The van der Waals surface area contributed by atoms with Gasteiger partial charge >= 0.3 is 0 Å². The van der Waals surface area contributed by atoms with Crippen molar-refractivity contribution in [2.75, 3.05) is 19.3 Å². The lowest BCUT2D eigenvalue weighted by Gasteiger charge is -2.24. The van der Waals surface area contributed by atoms with E-state index in [1.807, 2.05) is 18.2 Å². The second kappa shape index (κ2) is 5.52. The first-order chi connectivity index (χ1) is 8.18. The topological polar surface area (TPSA) is 41.3 Å².